The Morgan fingerprint density at radius 1 is 1.44 bits per heavy atom. The summed E-state index contributed by atoms with van der Waals surface area (Å²) < 4.78 is 24.4. The highest BCUT2D eigenvalue weighted by atomic mass is 19.1. The van der Waals surface area contributed by atoms with Crippen molar-refractivity contribution < 1.29 is 13.9 Å². The molecule has 1 aromatic carbocycles. The van der Waals surface area contributed by atoms with Crippen molar-refractivity contribution in [3.8, 4) is 5.75 Å². The third kappa shape index (κ3) is 2.53. The molecule has 16 heavy (non-hydrogen) atoms. The first kappa shape index (κ1) is 11.4. The van der Waals surface area contributed by atoms with Crippen LogP contribution in [-0.2, 0) is 4.74 Å². The molecule has 0 aromatic heterocycles. The van der Waals surface area contributed by atoms with Gasteiger partial charge in [0.15, 0.2) is 11.6 Å². The van der Waals surface area contributed by atoms with Crippen LogP contribution >= 0.6 is 0 Å². The summed E-state index contributed by atoms with van der Waals surface area (Å²) in [5.74, 6) is 0.386. The van der Waals surface area contributed by atoms with Gasteiger partial charge < -0.3 is 9.47 Å². The van der Waals surface area contributed by atoms with Crippen molar-refractivity contribution in [3.05, 3.63) is 29.6 Å². The van der Waals surface area contributed by atoms with E-state index >= 15 is 0 Å². The number of halogens is 1. The van der Waals surface area contributed by atoms with Gasteiger partial charge in [0.1, 0.15) is 6.10 Å². The molecule has 0 amide bonds. The normalized spacial score (nSPS) is 20.4. The molecule has 1 saturated heterocycles. The van der Waals surface area contributed by atoms with E-state index in [0.717, 1.165) is 12.0 Å². The van der Waals surface area contributed by atoms with Gasteiger partial charge in [-0.15, -0.1) is 0 Å². The topological polar surface area (TPSA) is 18.5 Å². The van der Waals surface area contributed by atoms with E-state index in [2.05, 4.69) is 0 Å². The van der Waals surface area contributed by atoms with Crippen molar-refractivity contribution in [2.24, 2.45) is 0 Å². The molecule has 1 unspecified atom stereocenters. The summed E-state index contributed by atoms with van der Waals surface area (Å²) in [5.41, 5.74) is 0.993. The lowest BCUT2D eigenvalue weighted by Gasteiger charge is -2.14. The average Bonchev–Trinajstić information content (AvgIpc) is 2.73. The van der Waals surface area contributed by atoms with E-state index in [1.165, 1.54) is 0 Å². The molecule has 0 spiro atoms. The number of benzene rings is 1. The van der Waals surface area contributed by atoms with Gasteiger partial charge in [-0.25, -0.2) is 4.39 Å². The lowest BCUT2D eigenvalue weighted by Crippen LogP contribution is -2.16. The van der Waals surface area contributed by atoms with Crippen LogP contribution in [0.2, 0.25) is 0 Å². The number of hydrogen-bond acceptors (Lipinski definition) is 2. The van der Waals surface area contributed by atoms with Crippen LogP contribution in [0, 0.1) is 5.82 Å². The smallest absolute Gasteiger partial charge is 0.165 e. The summed E-state index contributed by atoms with van der Waals surface area (Å²) >= 11 is 0. The van der Waals surface area contributed by atoms with Crippen molar-refractivity contribution in [1.82, 2.24) is 0 Å². The molecule has 1 atom stereocenters. The maximum atomic E-state index is 13.7. The molecule has 1 aromatic rings. The highest BCUT2D eigenvalue weighted by Crippen LogP contribution is 2.24. The van der Waals surface area contributed by atoms with E-state index in [-0.39, 0.29) is 11.9 Å². The zero-order chi connectivity index (χ0) is 11.5. The highest BCUT2D eigenvalue weighted by molar-refractivity contribution is 5.31. The largest absolute Gasteiger partial charge is 0.485 e. The third-order valence-electron chi connectivity index (χ3n) is 2.80. The van der Waals surface area contributed by atoms with Crippen LogP contribution in [0.25, 0.3) is 0 Å². The van der Waals surface area contributed by atoms with Gasteiger partial charge in [0.05, 0.1) is 13.2 Å². The Balaban J connectivity index is 2.09. The van der Waals surface area contributed by atoms with Crippen molar-refractivity contribution in [2.75, 3.05) is 13.2 Å². The van der Waals surface area contributed by atoms with Gasteiger partial charge in [0, 0.05) is 6.42 Å². The van der Waals surface area contributed by atoms with Gasteiger partial charge in [-0.1, -0.05) is 19.9 Å². The second-order valence-electron chi connectivity index (χ2n) is 4.45. The molecule has 88 valence electrons. The molecule has 1 heterocycles. The fourth-order valence-electron chi connectivity index (χ4n) is 1.76. The van der Waals surface area contributed by atoms with Crippen molar-refractivity contribution in [2.45, 2.75) is 32.3 Å². The van der Waals surface area contributed by atoms with Crippen molar-refractivity contribution >= 4 is 0 Å². The summed E-state index contributed by atoms with van der Waals surface area (Å²) in [7, 11) is 0. The number of hydrogen-bond donors (Lipinski definition) is 0. The van der Waals surface area contributed by atoms with Crippen LogP contribution in [0.1, 0.15) is 31.7 Å². The lowest BCUT2D eigenvalue weighted by molar-refractivity contribution is 0.138. The SMILES string of the molecule is CC(C)c1ccc(OC2CCOC2)c(F)c1. The first-order valence-electron chi connectivity index (χ1n) is 5.70. The summed E-state index contributed by atoms with van der Waals surface area (Å²) in [6.07, 6.45) is 0.838. The molecule has 1 aliphatic rings. The molecule has 0 saturated carbocycles. The summed E-state index contributed by atoms with van der Waals surface area (Å²) in [6.45, 7) is 5.35. The van der Waals surface area contributed by atoms with Crippen molar-refractivity contribution in [3.63, 3.8) is 0 Å². The van der Waals surface area contributed by atoms with E-state index in [1.54, 1.807) is 12.1 Å². The molecule has 2 rings (SSSR count). The molecule has 0 N–H and O–H groups in total. The van der Waals surface area contributed by atoms with Crippen LogP contribution in [0.4, 0.5) is 4.39 Å². The second-order valence-corrected chi connectivity index (χ2v) is 4.45. The van der Waals surface area contributed by atoms with Crippen LogP contribution in [0.5, 0.6) is 5.75 Å². The summed E-state index contributed by atoms with van der Waals surface area (Å²) in [4.78, 5) is 0. The first-order chi connectivity index (χ1) is 7.66. The van der Waals surface area contributed by atoms with Gasteiger partial charge in [-0.2, -0.15) is 0 Å². The Bertz CT molecular complexity index is 357. The van der Waals surface area contributed by atoms with E-state index in [1.807, 2.05) is 19.9 Å². The van der Waals surface area contributed by atoms with Gasteiger partial charge in [-0.3, -0.25) is 0 Å². The molecule has 0 bridgehead atoms. The molecule has 2 nitrogen and oxygen atoms in total. The first-order valence-corrected chi connectivity index (χ1v) is 5.70. The maximum Gasteiger partial charge on any atom is 0.165 e. The monoisotopic (exact) mass is 224 g/mol. The zero-order valence-corrected chi connectivity index (χ0v) is 9.70. The highest BCUT2D eigenvalue weighted by Gasteiger charge is 2.19. The number of rotatable bonds is 3. The average molecular weight is 224 g/mol. The molecule has 0 radical (unpaired) electrons. The molecular formula is C13H17FO2. The maximum absolute atomic E-state index is 13.7. The van der Waals surface area contributed by atoms with E-state index < -0.39 is 0 Å². The Hall–Kier alpha value is -1.09. The zero-order valence-electron chi connectivity index (χ0n) is 9.70. The molecule has 1 aliphatic heterocycles. The van der Waals surface area contributed by atoms with Crippen LogP contribution < -0.4 is 4.74 Å². The Morgan fingerprint density at radius 3 is 2.81 bits per heavy atom. The minimum Gasteiger partial charge on any atom is -0.485 e. The summed E-state index contributed by atoms with van der Waals surface area (Å²) in [5, 5.41) is 0. The fraction of sp³-hybridized carbons (Fsp3) is 0.538. The van der Waals surface area contributed by atoms with Crippen molar-refractivity contribution in [1.29, 1.82) is 0 Å². The molecule has 1 fully saturated rings. The van der Waals surface area contributed by atoms with E-state index in [9.17, 15) is 4.39 Å². The van der Waals surface area contributed by atoms with Gasteiger partial charge in [-0.05, 0) is 23.6 Å². The van der Waals surface area contributed by atoms with Crippen LogP contribution in [-0.4, -0.2) is 19.3 Å². The Morgan fingerprint density at radius 2 is 2.25 bits per heavy atom. The molecule has 3 heteroatoms. The standard InChI is InChI=1S/C13H17FO2/c1-9(2)10-3-4-13(12(14)7-10)16-11-5-6-15-8-11/h3-4,7,9,11H,5-6,8H2,1-2H3. The third-order valence-corrected chi connectivity index (χ3v) is 2.80. The van der Waals surface area contributed by atoms with Crippen LogP contribution in [0.15, 0.2) is 18.2 Å². The van der Waals surface area contributed by atoms with Gasteiger partial charge in [0.25, 0.3) is 0 Å². The minimum atomic E-state index is -0.280. The minimum absolute atomic E-state index is 0.000556. The van der Waals surface area contributed by atoms with Gasteiger partial charge >= 0.3 is 0 Å². The van der Waals surface area contributed by atoms with Crippen LogP contribution in [0.3, 0.4) is 0 Å². The fourth-order valence-corrected chi connectivity index (χ4v) is 1.76. The Kier molecular flexibility index (Phi) is 3.44. The predicted octanol–water partition coefficient (Wildman–Crippen LogP) is 3.12. The Labute approximate surface area is 95.4 Å². The second kappa shape index (κ2) is 4.83. The van der Waals surface area contributed by atoms with Gasteiger partial charge in [0.2, 0.25) is 0 Å². The van der Waals surface area contributed by atoms with E-state index in [4.69, 9.17) is 9.47 Å². The van der Waals surface area contributed by atoms with E-state index in [0.29, 0.717) is 24.9 Å². The molecular weight excluding hydrogens is 207 g/mol. The molecule has 0 aliphatic carbocycles. The quantitative estimate of drug-likeness (QED) is 0.785. The summed E-state index contributed by atoms with van der Waals surface area (Å²) in [6, 6.07) is 5.18. The lowest BCUT2D eigenvalue weighted by atomic mass is 10.0. The predicted molar refractivity (Wildman–Crippen MR) is 60.3 cm³/mol. The number of ether oxygens (including phenoxy) is 2.